The summed E-state index contributed by atoms with van der Waals surface area (Å²) in [7, 11) is 1.62. The van der Waals surface area contributed by atoms with Gasteiger partial charge in [0, 0.05) is 15.7 Å². The number of halogens is 2. The van der Waals surface area contributed by atoms with Gasteiger partial charge in [-0.05, 0) is 92.2 Å². The summed E-state index contributed by atoms with van der Waals surface area (Å²) in [6, 6.07) is 15.6. The molecule has 0 bridgehead atoms. The van der Waals surface area contributed by atoms with E-state index in [4.69, 9.17) is 4.74 Å². The lowest BCUT2D eigenvalue weighted by atomic mass is 9.82. The monoisotopic (exact) mass is 561 g/mol. The Balaban J connectivity index is 1.85. The quantitative estimate of drug-likeness (QED) is 0.500. The third kappa shape index (κ3) is 3.48. The molecule has 0 fully saturated rings. The van der Waals surface area contributed by atoms with Crippen molar-refractivity contribution in [3.8, 4) is 5.75 Å². The van der Waals surface area contributed by atoms with E-state index < -0.39 is 5.54 Å². The Morgan fingerprint density at radius 1 is 1.07 bits per heavy atom. The van der Waals surface area contributed by atoms with Crippen LogP contribution in [0.5, 0.6) is 5.75 Å². The molecule has 0 saturated heterocycles. The van der Waals surface area contributed by atoms with Crippen LogP contribution in [-0.2, 0) is 16.1 Å². The zero-order chi connectivity index (χ0) is 20.6. The van der Waals surface area contributed by atoms with Crippen molar-refractivity contribution in [2.24, 2.45) is 0 Å². The van der Waals surface area contributed by atoms with Gasteiger partial charge in [0.2, 0.25) is 0 Å². The van der Waals surface area contributed by atoms with Crippen molar-refractivity contribution >= 4 is 55.8 Å². The number of carbonyl (C=O) groups excluding carboxylic acids is 2. The minimum absolute atomic E-state index is 0.0885. The second-order valence-corrected chi connectivity index (χ2v) is 8.75. The summed E-state index contributed by atoms with van der Waals surface area (Å²) in [4.78, 5) is 27.0. The fourth-order valence-corrected chi connectivity index (χ4v) is 4.98. The third-order valence-corrected chi connectivity index (χ3v) is 6.93. The van der Waals surface area contributed by atoms with Crippen LogP contribution in [-0.4, -0.2) is 29.2 Å². The minimum Gasteiger partial charge on any atom is -0.497 e. The normalized spacial score (nSPS) is 17.6. The van der Waals surface area contributed by atoms with E-state index in [1.54, 1.807) is 12.0 Å². The van der Waals surface area contributed by atoms with Gasteiger partial charge >= 0.3 is 0 Å². The largest absolute Gasteiger partial charge is 0.497 e. The van der Waals surface area contributed by atoms with Gasteiger partial charge in [0.05, 0.1) is 11.6 Å². The maximum atomic E-state index is 13.3. The SMILES string of the molecule is COc1ccc(I)c(CN2C(=O)C(Br)=C(c3ccccc3)C23C=CC(=O)C=C3)c1. The molecule has 1 heterocycles. The number of nitrogens with zero attached hydrogens (tertiary/aromatic N) is 1. The van der Waals surface area contributed by atoms with Crippen LogP contribution in [0.3, 0.4) is 0 Å². The van der Waals surface area contributed by atoms with Crippen molar-refractivity contribution < 1.29 is 14.3 Å². The number of amides is 1. The van der Waals surface area contributed by atoms with Crippen molar-refractivity contribution in [3.05, 3.63) is 92.0 Å². The molecule has 0 unspecified atom stereocenters. The number of methoxy groups -OCH3 is 1. The van der Waals surface area contributed by atoms with Gasteiger partial charge in [-0.15, -0.1) is 0 Å². The van der Waals surface area contributed by atoms with E-state index in [0.717, 1.165) is 26.0 Å². The highest BCUT2D eigenvalue weighted by atomic mass is 127. The van der Waals surface area contributed by atoms with Crippen LogP contribution in [0.4, 0.5) is 0 Å². The molecule has 2 aromatic rings. The van der Waals surface area contributed by atoms with E-state index in [-0.39, 0.29) is 11.7 Å². The Labute approximate surface area is 191 Å². The molecular formula is C23H17BrINO3. The topological polar surface area (TPSA) is 46.6 Å². The standard InChI is InChI=1S/C23H17BrINO3/c1-29-18-7-8-19(25)16(13-18)14-26-22(28)21(24)20(15-5-3-2-4-6-15)23(26)11-9-17(27)10-12-23/h2-13H,14H2,1H3. The fourth-order valence-electron chi connectivity index (χ4n) is 3.72. The molecule has 0 aromatic heterocycles. The van der Waals surface area contributed by atoms with Gasteiger partial charge < -0.3 is 9.64 Å². The summed E-state index contributed by atoms with van der Waals surface area (Å²) < 4.78 is 6.91. The van der Waals surface area contributed by atoms with Crippen molar-refractivity contribution in [1.29, 1.82) is 0 Å². The predicted molar refractivity (Wildman–Crippen MR) is 125 cm³/mol. The van der Waals surface area contributed by atoms with Crippen molar-refractivity contribution in [2.45, 2.75) is 12.1 Å². The van der Waals surface area contributed by atoms with Gasteiger partial charge in [0.1, 0.15) is 11.3 Å². The Morgan fingerprint density at radius 2 is 1.76 bits per heavy atom. The van der Waals surface area contributed by atoms with Crippen LogP contribution in [0, 0.1) is 3.57 Å². The molecule has 0 radical (unpaired) electrons. The number of ketones is 1. The van der Waals surface area contributed by atoms with Crippen LogP contribution >= 0.6 is 38.5 Å². The van der Waals surface area contributed by atoms with E-state index in [2.05, 4.69) is 38.5 Å². The lowest BCUT2D eigenvalue weighted by Crippen LogP contribution is -2.45. The van der Waals surface area contributed by atoms with Crippen LogP contribution < -0.4 is 4.74 Å². The molecule has 1 aliphatic heterocycles. The highest BCUT2D eigenvalue weighted by Gasteiger charge is 2.49. The van der Waals surface area contributed by atoms with E-state index in [1.807, 2.05) is 60.7 Å². The summed E-state index contributed by atoms with van der Waals surface area (Å²) in [5, 5.41) is 0. The number of hydrogen-bond acceptors (Lipinski definition) is 3. The van der Waals surface area contributed by atoms with Crippen LogP contribution in [0.2, 0.25) is 0 Å². The molecule has 2 aromatic carbocycles. The number of benzene rings is 2. The second kappa shape index (κ2) is 7.91. The maximum absolute atomic E-state index is 13.3. The van der Waals surface area contributed by atoms with Crippen molar-refractivity contribution in [2.75, 3.05) is 7.11 Å². The van der Waals surface area contributed by atoms with Crippen LogP contribution in [0.1, 0.15) is 11.1 Å². The Kier molecular flexibility index (Phi) is 5.48. The Bertz CT molecular complexity index is 1070. The highest BCUT2D eigenvalue weighted by Crippen LogP contribution is 2.48. The van der Waals surface area contributed by atoms with E-state index in [9.17, 15) is 9.59 Å². The van der Waals surface area contributed by atoms with Gasteiger partial charge in [-0.1, -0.05) is 30.3 Å². The first-order chi connectivity index (χ1) is 14.0. The highest BCUT2D eigenvalue weighted by molar-refractivity contribution is 14.1. The molecular weight excluding hydrogens is 545 g/mol. The molecule has 4 rings (SSSR count). The van der Waals surface area contributed by atoms with E-state index in [1.165, 1.54) is 12.2 Å². The smallest absolute Gasteiger partial charge is 0.262 e. The molecule has 6 heteroatoms. The molecule has 1 aliphatic carbocycles. The summed E-state index contributed by atoms with van der Waals surface area (Å²) in [5.41, 5.74) is 1.91. The maximum Gasteiger partial charge on any atom is 0.262 e. The van der Waals surface area contributed by atoms with E-state index >= 15 is 0 Å². The molecule has 2 aliphatic rings. The molecule has 0 atom stereocenters. The summed E-state index contributed by atoms with van der Waals surface area (Å²) in [6.45, 7) is 0.378. The van der Waals surface area contributed by atoms with E-state index in [0.29, 0.717) is 11.0 Å². The molecule has 4 nitrogen and oxygen atoms in total. The second-order valence-electron chi connectivity index (χ2n) is 6.80. The molecule has 0 saturated carbocycles. The lowest BCUT2D eigenvalue weighted by Gasteiger charge is -2.37. The Hall–Kier alpha value is -2.19. The zero-order valence-corrected chi connectivity index (χ0v) is 19.3. The van der Waals surface area contributed by atoms with Gasteiger partial charge in [-0.2, -0.15) is 0 Å². The zero-order valence-electron chi connectivity index (χ0n) is 15.6. The summed E-state index contributed by atoms with van der Waals surface area (Å²) in [6.07, 6.45) is 6.70. The van der Waals surface area contributed by atoms with Crippen LogP contribution in [0.25, 0.3) is 5.57 Å². The summed E-state index contributed by atoms with van der Waals surface area (Å²) in [5.74, 6) is 0.530. The van der Waals surface area contributed by atoms with Crippen LogP contribution in [0.15, 0.2) is 77.3 Å². The average molecular weight is 562 g/mol. The first-order valence-corrected chi connectivity index (χ1v) is 10.9. The lowest BCUT2D eigenvalue weighted by molar-refractivity contribution is -0.127. The first kappa shape index (κ1) is 20.1. The fraction of sp³-hybridized carbons (Fsp3) is 0.130. The summed E-state index contributed by atoms with van der Waals surface area (Å²) >= 11 is 5.80. The van der Waals surface area contributed by atoms with Gasteiger partial charge in [0.15, 0.2) is 5.78 Å². The average Bonchev–Trinajstić information content (AvgIpc) is 2.94. The van der Waals surface area contributed by atoms with Crippen molar-refractivity contribution in [1.82, 2.24) is 4.90 Å². The Morgan fingerprint density at radius 3 is 2.41 bits per heavy atom. The van der Waals surface area contributed by atoms with Gasteiger partial charge in [0.25, 0.3) is 5.91 Å². The third-order valence-electron chi connectivity index (χ3n) is 5.15. The molecule has 29 heavy (non-hydrogen) atoms. The number of hydrogen-bond donors (Lipinski definition) is 0. The predicted octanol–water partition coefficient (Wildman–Crippen LogP) is 4.88. The number of rotatable bonds is 4. The molecule has 1 amide bonds. The number of ether oxygens (including phenoxy) is 1. The molecule has 1 spiro atoms. The molecule has 146 valence electrons. The number of carbonyl (C=O) groups is 2. The minimum atomic E-state index is -0.836. The molecule has 0 N–H and O–H groups in total. The van der Waals surface area contributed by atoms with Gasteiger partial charge in [-0.25, -0.2) is 0 Å². The first-order valence-electron chi connectivity index (χ1n) is 8.99. The number of allylic oxidation sites excluding steroid dienone is 2. The van der Waals surface area contributed by atoms with Gasteiger partial charge in [-0.3, -0.25) is 9.59 Å². The van der Waals surface area contributed by atoms with Crippen molar-refractivity contribution in [3.63, 3.8) is 0 Å².